The Kier molecular flexibility index (Phi) is 10.5. The molecule has 2 N–H and O–H groups in total. The van der Waals surface area contributed by atoms with Gasteiger partial charge in [0, 0.05) is 16.9 Å². The summed E-state index contributed by atoms with van der Waals surface area (Å²) in [5.74, 6) is 0. The summed E-state index contributed by atoms with van der Waals surface area (Å²) in [6, 6.07) is 25.3. The molecule has 0 radical (unpaired) electrons. The summed E-state index contributed by atoms with van der Waals surface area (Å²) in [5.41, 5.74) is 1.74. The molecule has 0 aromatic heterocycles. The molecular weight excluding hydrogens is 602 g/mol. The van der Waals surface area contributed by atoms with Crippen LogP contribution in [0.25, 0.3) is 0 Å². The fraction of sp³-hybridized carbons (Fsp3) is 0.344. The summed E-state index contributed by atoms with van der Waals surface area (Å²) in [6.45, 7) is 5.54. The molecule has 222 valence electrons. The van der Waals surface area contributed by atoms with E-state index in [0.29, 0.717) is 6.42 Å². The van der Waals surface area contributed by atoms with Crippen LogP contribution in [0.5, 0.6) is 0 Å². The van der Waals surface area contributed by atoms with Crippen LogP contribution in [-0.2, 0) is 27.4 Å². The second-order valence-electron chi connectivity index (χ2n) is 11.1. The van der Waals surface area contributed by atoms with E-state index in [4.69, 9.17) is 14.2 Å². The van der Waals surface area contributed by atoms with Crippen LogP contribution in [-0.4, -0.2) is 41.0 Å². The van der Waals surface area contributed by atoms with Crippen molar-refractivity contribution < 1.29 is 28.6 Å². The molecule has 9 nitrogen and oxygen atoms in total. The van der Waals surface area contributed by atoms with Gasteiger partial charge in [0.15, 0.2) is 0 Å². The first-order valence-electron chi connectivity index (χ1n) is 13.8. The molecule has 10 heteroatoms. The van der Waals surface area contributed by atoms with E-state index >= 15 is 0 Å². The topological polar surface area (TPSA) is 106 Å². The third-order valence-corrected chi connectivity index (χ3v) is 7.11. The maximum Gasteiger partial charge on any atom is 0.412 e. The summed E-state index contributed by atoms with van der Waals surface area (Å²) in [4.78, 5) is 40.9. The zero-order chi connectivity index (χ0) is 30.1. The first-order valence-corrected chi connectivity index (χ1v) is 14.6. The van der Waals surface area contributed by atoms with E-state index < -0.39 is 42.1 Å². The van der Waals surface area contributed by atoms with Crippen LogP contribution >= 0.6 is 15.9 Å². The number of piperidine rings is 1. The average Bonchev–Trinajstić information content (AvgIpc) is 2.95. The van der Waals surface area contributed by atoms with Crippen molar-refractivity contribution >= 4 is 34.2 Å². The molecule has 1 aliphatic rings. The third-order valence-electron chi connectivity index (χ3n) is 6.58. The lowest BCUT2D eigenvalue weighted by atomic mass is 9.90. The lowest BCUT2D eigenvalue weighted by molar-refractivity contribution is -0.0164. The molecule has 0 saturated carbocycles. The van der Waals surface area contributed by atoms with Crippen LogP contribution < -0.4 is 10.6 Å². The first kappa shape index (κ1) is 30.9. The van der Waals surface area contributed by atoms with Gasteiger partial charge in [-0.25, -0.2) is 14.4 Å². The first-order chi connectivity index (χ1) is 20.1. The largest absolute Gasteiger partial charge is 0.445 e. The lowest BCUT2D eigenvalue weighted by Crippen LogP contribution is -2.60. The fourth-order valence-electron chi connectivity index (χ4n) is 4.71. The number of alkyl carbamates (subject to hydrolysis) is 2. The highest BCUT2D eigenvalue weighted by Crippen LogP contribution is 2.36. The Bertz CT molecular complexity index is 1330. The van der Waals surface area contributed by atoms with E-state index in [1.165, 1.54) is 4.90 Å². The van der Waals surface area contributed by atoms with Gasteiger partial charge in [0.05, 0.1) is 6.04 Å². The number of nitrogens with zero attached hydrogens (tertiary/aromatic N) is 1. The molecule has 1 saturated heterocycles. The fourth-order valence-corrected chi connectivity index (χ4v) is 4.97. The number of ether oxygens (including phenoxy) is 3. The van der Waals surface area contributed by atoms with Gasteiger partial charge >= 0.3 is 18.3 Å². The summed E-state index contributed by atoms with van der Waals surface area (Å²) >= 11 is 3.46. The smallest absolute Gasteiger partial charge is 0.412 e. The van der Waals surface area contributed by atoms with Crippen molar-refractivity contribution in [3.63, 3.8) is 0 Å². The number of hydrogen-bond acceptors (Lipinski definition) is 6. The number of halogens is 1. The molecule has 3 aromatic carbocycles. The Morgan fingerprint density at radius 1 is 0.786 bits per heavy atom. The van der Waals surface area contributed by atoms with Crippen molar-refractivity contribution in [2.24, 2.45) is 0 Å². The predicted molar refractivity (Wildman–Crippen MR) is 161 cm³/mol. The number of carbonyl (C=O) groups is 3. The Morgan fingerprint density at radius 3 is 1.83 bits per heavy atom. The van der Waals surface area contributed by atoms with Crippen molar-refractivity contribution in [2.75, 3.05) is 0 Å². The Labute approximate surface area is 254 Å². The maximum atomic E-state index is 13.6. The molecule has 0 spiro atoms. The molecule has 3 aromatic rings. The van der Waals surface area contributed by atoms with Crippen molar-refractivity contribution in [1.29, 1.82) is 0 Å². The number of likely N-dealkylation sites (tertiary alicyclic amines) is 1. The summed E-state index contributed by atoms with van der Waals surface area (Å²) in [5, 5.41) is 5.77. The standard InChI is InChI=1S/C32H36BrN3O6/c1-32(2,3)42-31(39)36-27(24-14-16-25(33)17-15-24)18-26(34-29(37)40-20-22-10-6-4-7-11-22)19-28(36)35-30(38)41-21-23-12-8-5-9-13-23/h4-17,26-28H,18-21H2,1-3H3,(H,34,37)(H,35,38)/t26-,27-,28+/m0/s1. The van der Waals surface area contributed by atoms with Crippen molar-refractivity contribution in [1.82, 2.24) is 15.5 Å². The van der Waals surface area contributed by atoms with Gasteiger partial charge in [0.25, 0.3) is 0 Å². The summed E-state index contributed by atoms with van der Waals surface area (Å²) < 4.78 is 17.6. The predicted octanol–water partition coefficient (Wildman–Crippen LogP) is 7.07. The molecule has 1 aliphatic heterocycles. The van der Waals surface area contributed by atoms with E-state index in [9.17, 15) is 14.4 Å². The lowest BCUT2D eigenvalue weighted by Gasteiger charge is -2.45. The molecule has 3 atom stereocenters. The Balaban J connectivity index is 1.56. The van der Waals surface area contributed by atoms with E-state index in [-0.39, 0.29) is 19.6 Å². The molecular formula is C32H36BrN3O6. The van der Waals surface area contributed by atoms with Crippen molar-refractivity contribution in [2.45, 2.75) is 70.7 Å². The van der Waals surface area contributed by atoms with Gasteiger partial charge in [-0.1, -0.05) is 88.7 Å². The molecule has 0 aliphatic carbocycles. The van der Waals surface area contributed by atoms with Crippen LogP contribution in [0.4, 0.5) is 14.4 Å². The zero-order valence-corrected chi connectivity index (χ0v) is 25.5. The number of nitrogens with one attached hydrogen (secondary N) is 2. The van der Waals surface area contributed by atoms with Gasteiger partial charge in [-0.3, -0.25) is 4.90 Å². The number of rotatable bonds is 7. The minimum Gasteiger partial charge on any atom is -0.445 e. The molecule has 1 fully saturated rings. The van der Waals surface area contributed by atoms with E-state index in [1.54, 1.807) is 20.8 Å². The quantitative estimate of drug-likeness (QED) is 0.268. The minimum absolute atomic E-state index is 0.0649. The van der Waals surface area contributed by atoms with E-state index in [2.05, 4.69) is 26.6 Å². The normalized spacial score (nSPS) is 18.5. The van der Waals surface area contributed by atoms with Crippen molar-refractivity contribution in [3.8, 4) is 0 Å². The zero-order valence-electron chi connectivity index (χ0n) is 23.9. The van der Waals surface area contributed by atoms with Crippen molar-refractivity contribution in [3.05, 3.63) is 106 Å². The van der Waals surface area contributed by atoms with Crippen LogP contribution in [0.3, 0.4) is 0 Å². The maximum absolute atomic E-state index is 13.6. The minimum atomic E-state index is -0.843. The average molecular weight is 639 g/mol. The molecule has 4 rings (SSSR count). The monoisotopic (exact) mass is 637 g/mol. The van der Waals surface area contributed by atoms with Gasteiger partial charge in [-0.2, -0.15) is 0 Å². The SMILES string of the molecule is CC(C)(C)OC(=O)N1[C@@H](NC(=O)OCc2ccccc2)C[C@@H](NC(=O)OCc2ccccc2)C[C@H]1c1ccc(Br)cc1. The number of benzene rings is 3. The van der Waals surface area contributed by atoms with Crippen LogP contribution in [0.15, 0.2) is 89.4 Å². The highest BCUT2D eigenvalue weighted by atomic mass is 79.9. The van der Waals surface area contributed by atoms with E-state index in [0.717, 1.165) is 21.2 Å². The van der Waals surface area contributed by atoms with E-state index in [1.807, 2.05) is 84.9 Å². The highest BCUT2D eigenvalue weighted by Gasteiger charge is 2.43. The Hall–Kier alpha value is -4.05. The number of carbonyl (C=O) groups excluding carboxylic acids is 3. The van der Waals surface area contributed by atoms with Crippen LogP contribution in [0, 0.1) is 0 Å². The van der Waals surface area contributed by atoms with Gasteiger partial charge in [-0.05, 0) is 56.0 Å². The second-order valence-corrected chi connectivity index (χ2v) is 12.0. The third kappa shape index (κ3) is 9.24. The van der Waals surface area contributed by atoms with Crippen LogP contribution in [0.2, 0.25) is 0 Å². The Morgan fingerprint density at radius 2 is 1.31 bits per heavy atom. The molecule has 0 bridgehead atoms. The summed E-state index contributed by atoms with van der Waals surface area (Å²) in [6.07, 6.45) is -2.13. The van der Waals surface area contributed by atoms with Gasteiger partial charge < -0.3 is 24.8 Å². The molecule has 1 heterocycles. The molecule has 42 heavy (non-hydrogen) atoms. The number of hydrogen-bond donors (Lipinski definition) is 2. The van der Waals surface area contributed by atoms with Crippen LogP contribution in [0.1, 0.15) is 56.3 Å². The second kappa shape index (κ2) is 14.2. The highest BCUT2D eigenvalue weighted by molar-refractivity contribution is 9.10. The van der Waals surface area contributed by atoms with Gasteiger partial charge in [-0.15, -0.1) is 0 Å². The van der Waals surface area contributed by atoms with Gasteiger partial charge in [0.2, 0.25) is 0 Å². The molecule has 0 unspecified atom stereocenters. The number of amides is 3. The van der Waals surface area contributed by atoms with Gasteiger partial charge in [0.1, 0.15) is 25.0 Å². The summed E-state index contributed by atoms with van der Waals surface area (Å²) in [7, 11) is 0. The molecule has 3 amide bonds.